The van der Waals surface area contributed by atoms with E-state index in [1.54, 1.807) is 18.2 Å². The first-order valence-electron chi connectivity index (χ1n) is 7.05. The van der Waals surface area contributed by atoms with Crippen molar-refractivity contribution in [2.45, 2.75) is 17.7 Å². The first-order chi connectivity index (χ1) is 11.3. The molecule has 1 aliphatic heterocycles. The number of rotatable bonds is 4. The Labute approximate surface area is 137 Å². The first kappa shape index (κ1) is 15.9. The lowest BCUT2D eigenvalue weighted by Crippen LogP contribution is -2.19. The minimum atomic E-state index is -3.85. The second-order valence-corrected chi connectivity index (χ2v) is 6.96. The molecule has 124 valence electrons. The smallest absolute Gasteiger partial charge is 0.269 e. The predicted molar refractivity (Wildman–Crippen MR) is 87.3 cm³/mol. The van der Waals surface area contributed by atoms with Crippen LogP contribution in [0.3, 0.4) is 0 Å². The Hall–Kier alpha value is -2.94. The Balaban J connectivity index is 1.84. The lowest BCUT2D eigenvalue weighted by Gasteiger charge is -2.18. The number of nitrogens with one attached hydrogen (secondary N) is 2. The predicted octanol–water partition coefficient (Wildman–Crippen LogP) is 2.28. The summed E-state index contributed by atoms with van der Waals surface area (Å²) in [4.78, 5) is 21.3. The maximum atomic E-state index is 12.4. The Morgan fingerprint density at radius 1 is 1.08 bits per heavy atom. The molecule has 2 aromatic carbocycles. The topological polar surface area (TPSA) is 118 Å². The number of carbonyl (C=O) groups is 1. The number of anilines is 2. The number of hydrogen-bond donors (Lipinski definition) is 2. The maximum absolute atomic E-state index is 12.4. The highest BCUT2D eigenvalue weighted by Crippen LogP contribution is 2.27. The fourth-order valence-corrected chi connectivity index (χ4v) is 3.46. The van der Waals surface area contributed by atoms with Crippen LogP contribution in [0.15, 0.2) is 47.4 Å². The quantitative estimate of drug-likeness (QED) is 0.650. The van der Waals surface area contributed by atoms with Gasteiger partial charge in [-0.2, -0.15) is 0 Å². The standard InChI is InChI=1S/C15H13N3O5S/c19-15-8-1-10-9-11(2-7-14(10)16-15)17-24(22,23)13-5-3-12(4-6-13)18(20)21/h2-7,9,17H,1,8H2,(H,16,19). The third kappa shape index (κ3) is 3.20. The van der Waals surface area contributed by atoms with E-state index < -0.39 is 14.9 Å². The molecule has 0 radical (unpaired) electrons. The molecule has 24 heavy (non-hydrogen) atoms. The van der Waals surface area contributed by atoms with Gasteiger partial charge in [-0.25, -0.2) is 8.42 Å². The average molecular weight is 347 g/mol. The molecule has 9 heteroatoms. The Bertz CT molecular complexity index is 923. The van der Waals surface area contributed by atoms with E-state index in [9.17, 15) is 23.3 Å². The van der Waals surface area contributed by atoms with Gasteiger partial charge in [0.15, 0.2) is 0 Å². The van der Waals surface area contributed by atoms with E-state index in [2.05, 4.69) is 10.0 Å². The number of carbonyl (C=O) groups excluding carboxylic acids is 1. The van der Waals surface area contributed by atoms with Crippen LogP contribution in [0.4, 0.5) is 17.1 Å². The molecule has 0 aliphatic carbocycles. The Morgan fingerprint density at radius 2 is 1.79 bits per heavy atom. The van der Waals surface area contributed by atoms with Crippen LogP contribution < -0.4 is 10.0 Å². The van der Waals surface area contributed by atoms with Crippen LogP contribution in [0.5, 0.6) is 0 Å². The number of aryl methyl sites for hydroxylation is 1. The Morgan fingerprint density at radius 3 is 2.46 bits per heavy atom. The van der Waals surface area contributed by atoms with Crippen molar-refractivity contribution in [2.24, 2.45) is 0 Å². The molecule has 2 aromatic rings. The van der Waals surface area contributed by atoms with Crippen LogP contribution in [0.25, 0.3) is 0 Å². The lowest BCUT2D eigenvalue weighted by molar-refractivity contribution is -0.384. The van der Waals surface area contributed by atoms with Crippen LogP contribution >= 0.6 is 0 Å². The van der Waals surface area contributed by atoms with Gasteiger partial charge in [0, 0.05) is 29.9 Å². The summed E-state index contributed by atoms with van der Waals surface area (Å²) in [5, 5.41) is 13.3. The first-order valence-corrected chi connectivity index (χ1v) is 8.53. The van der Waals surface area contributed by atoms with Gasteiger partial charge in [-0.05, 0) is 42.3 Å². The number of fused-ring (bicyclic) bond motifs is 1. The zero-order chi connectivity index (χ0) is 17.3. The number of non-ortho nitro benzene ring substituents is 1. The molecule has 0 bridgehead atoms. The van der Waals surface area contributed by atoms with Crippen LogP contribution in [0.2, 0.25) is 0 Å². The van der Waals surface area contributed by atoms with E-state index in [0.29, 0.717) is 24.2 Å². The number of nitrogens with zero attached hydrogens (tertiary/aromatic N) is 1. The molecule has 0 atom stereocenters. The van der Waals surface area contributed by atoms with Gasteiger partial charge in [-0.1, -0.05) is 0 Å². The number of hydrogen-bond acceptors (Lipinski definition) is 5. The van der Waals surface area contributed by atoms with Crippen LogP contribution in [0.1, 0.15) is 12.0 Å². The maximum Gasteiger partial charge on any atom is 0.269 e. The highest BCUT2D eigenvalue weighted by atomic mass is 32.2. The second kappa shape index (κ2) is 5.93. The monoisotopic (exact) mass is 347 g/mol. The molecule has 0 saturated heterocycles. The van der Waals surface area contributed by atoms with Crippen molar-refractivity contribution in [1.82, 2.24) is 0 Å². The number of amides is 1. The summed E-state index contributed by atoms with van der Waals surface area (Å²) < 4.78 is 27.1. The van der Waals surface area contributed by atoms with E-state index >= 15 is 0 Å². The van der Waals surface area contributed by atoms with Crippen LogP contribution in [-0.4, -0.2) is 19.2 Å². The number of nitro benzene ring substituents is 1. The van der Waals surface area contributed by atoms with Gasteiger partial charge in [0.25, 0.3) is 15.7 Å². The summed E-state index contributed by atoms with van der Waals surface area (Å²) >= 11 is 0. The Kier molecular flexibility index (Phi) is 3.94. The molecule has 1 amide bonds. The third-order valence-electron chi connectivity index (χ3n) is 3.61. The van der Waals surface area contributed by atoms with Gasteiger partial charge in [0.05, 0.1) is 9.82 Å². The molecule has 0 unspecified atom stereocenters. The third-order valence-corrected chi connectivity index (χ3v) is 5.01. The molecule has 0 aromatic heterocycles. The minimum absolute atomic E-state index is 0.0679. The van der Waals surface area contributed by atoms with Crippen molar-refractivity contribution in [2.75, 3.05) is 10.0 Å². The largest absolute Gasteiger partial charge is 0.326 e. The van der Waals surface area contributed by atoms with Gasteiger partial charge < -0.3 is 5.32 Å². The lowest BCUT2D eigenvalue weighted by atomic mass is 10.0. The van der Waals surface area contributed by atoms with E-state index in [0.717, 1.165) is 17.7 Å². The molecule has 0 saturated carbocycles. The van der Waals surface area contributed by atoms with Crippen LogP contribution in [-0.2, 0) is 21.2 Å². The minimum Gasteiger partial charge on any atom is -0.326 e. The van der Waals surface area contributed by atoms with Gasteiger partial charge in [-0.15, -0.1) is 0 Å². The molecular formula is C15H13N3O5S. The van der Waals surface area contributed by atoms with Crippen molar-refractivity contribution in [3.05, 3.63) is 58.1 Å². The van der Waals surface area contributed by atoms with Crippen molar-refractivity contribution >= 4 is 33.0 Å². The molecule has 3 rings (SSSR count). The SMILES string of the molecule is O=C1CCc2cc(NS(=O)(=O)c3ccc([N+](=O)[O-])cc3)ccc2N1. The van der Waals surface area contributed by atoms with Crippen molar-refractivity contribution in [3.63, 3.8) is 0 Å². The molecule has 0 fully saturated rings. The molecule has 2 N–H and O–H groups in total. The van der Waals surface area contributed by atoms with Crippen LogP contribution in [0, 0.1) is 10.1 Å². The van der Waals surface area contributed by atoms with Gasteiger partial charge in [0.1, 0.15) is 0 Å². The fraction of sp³-hybridized carbons (Fsp3) is 0.133. The molecule has 1 heterocycles. The summed E-state index contributed by atoms with van der Waals surface area (Å²) in [6.07, 6.45) is 0.889. The summed E-state index contributed by atoms with van der Waals surface area (Å²) in [5.74, 6) is -0.0679. The molecule has 8 nitrogen and oxygen atoms in total. The van der Waals surface area contributed by atoms with E-state index in [1.165, 1.54) is 12.1 Å². The van der Waals surface area contributed by atoms with Gasteiger partial charge in [0.2, 0.25) is 5.91 Å². The van der Waals surface area contributed by atoms with Crippen molar-refractivity contribution < 1.29 is 18.1 Å². The molecular weight excluding hydrogens is 334 g/mol. The van der Waals surface area contributed by atoms with Crippen molar-refractivity contribution in [1.29, 1.82) is 0 Å². The van der Waals surface area contributed by atoms with Gasteiger partial charge >= 0.3 is 0 Å². The number of nitro groups is 1. The zero-order valence-electron chi connectivity index (χ0n) is 12.4. The van der Waals surface area contributed by atoms with E-state index in [-0.39, 0.29) is 16.5 Å². The van der Waals surface area contributed by atoms with Gasteiger partial charge in [-0.3, -0.25) is 19.6 Å². The zero-order valence-corrected chi connectivity index (χ0v) is 13.2. The van der Waals surface area contributed by atoms with E-state index in [4.69, 9.17) is 0 Å². The summed E-state index contributed by atoms with van der Waals surface area (Å²) in [5.41, 5.74) is 1.70. The average Bonchev–Trinajstić information content (AvgIpc) is 2.55. The highest BCUT2D eigenvalue weighted by molar-refractivity contribution is 7.92. The number of benzene rings is 2. The number of sulfonamides is 1. The van der Waals surface area contributed by atoms with E-state index in [1.807, 2.05) is 0 Å². The summed E-state index contributed by atoms with van der Waals surface area (Å²) in [6.45, 7) is 0. The highest BCUT2D eigenvalue weighted by Gasteiger charge is 2.19. The normalized spacial score (nSPS) is 13.8. The summed E-state index contributed by atoms with van der Waals surface area (Å²) in [6, 6.07) is 9.48. The molecule has 1 aliphatic rings. The fourth-order valence-electron chi connectivity index (χ4n) is 2.41. The second-order valence-electron chi connectivity index (χ2n) is 5.28. The molecule has 0 spiro atoms. The summed E-state index contributed by atoms with van der Waals surface area (Å²) in [7, 11) is -3.85. The van der Waals surface area contributed by atoms with Crippen molar-refractivity contribution in [3.8, 4) is 0 Å².